The number of aromatic nitrogens is 2. The minimum absolute atomic E-state index is 0.0885. The van der Waals surface area contributed by atoms with Crippen LogP contribution in [0, 0.1) is 0 Å². The monoisotopic (exact) mass is 397 g/mol. The minimum atomic E-state index is -0.994. The second-order valence-corrected chi connectivity index (χ2v) is 8.57. The van der Waals surface area contributed by atoms with E-state index in [-0.39, 0.29) is 22.7 Å². The van der Waals surface area contributed by atoms with Gasteiger partial charge in [-0.15, -0.1) is 11.3 Å². The SMILES string of the molecule is CC(C)n1c(C2CCCN(C(=O)c3ccc(C(=O)O)s3)C2)nc2ccccc21. The number of para-hydroxylation sites is 2. The van der Waals surface area contributed by atoms with E-state index in [1.807, 2.05) is 23.1 Å². The molecule has 0 bridgehead atoms. The zero-order chi connectivity index (χ0) is 19.8. The summed E-state index contributed by atoms with van der Waals surface area (Å²) in [5, 5.41) is 9.11. The number of amides is 1. The number of benzene rings is 1. The van der Waals surface area contributed by atoms with Gasteiger partial charge in [0.1, 0.15) is 10.7 Å². The Bertz CT molecular complexity index is 1040. The first-order valence-electron chi connectivity index (χ1n) is 9.55. The summed E-state index contributed by atoms with van der Waals surface area (Å²) in [6.07, 6.45) is 1.90. The average molecular weight is 398 g/mol. The van der Waals surface area contributed by atoms with Crippen LogP contribution in [0.5, 0.6) is 0 Å². The van der Waals surface area contributed by atoms with Crippen molar-refractivity contribution in [1.29, 1.82) is 0 Å². The molecule has 0 radical (unpaired) electrons. The van der Waals surface area contributed by atoms with E-state index in [0.29, 0.717) is 18.0 Å². The fourth-order valence-corrected chi connectivity index (χ4v) is 4.80. The Morgan fingerprint density at radius 1 is 1.18 bits per heavy atom. The number of carbonyl (C=O) groups is 2. The quantitative estimate of drug-likeness (QED) is 0.708. The number of hydrogen-bond donors (Lipinski definition) is 1. The van der Waals surface area contributed by atoms with Gasteiger partial charge in [0.2, 0.25) is 0 Å². The van der Waals surface area contributed by atoms with Crippen LogP contribution in [0.4, 0.5) is 0 Å². The van der Waals surface area contributed by atoms with Crippen LogP contribution >= 0.6 is 11.3 Å². The van der Waals surface area contributed by atoms with Crippen molar-refractivity contribution in [2.75, 3.05) is 13.1 Å². The minimum Gasteiger partial charge on any atom is -0.477 e. The molecular weight excluding hydrogens is 374 g/mol. The Labute approximate surface area is 167 Å². The summed E-state index contributed by atoms with van der Waals surface area (Å²) < 4.78 is 2.28. The zero-order valence-electron chi connectivity index (χ0n) is 16.0. The Morgan fingerprint density at radius 2 is 1.93 bits per heavy atom. The van der Waals surface area contributed by atoms with Crippen LogP contribution in [0.25, 0.3) is 11.0 Å². The van der Waals surface area contributed by atoms with Crippen molar-refractivity contribution in [2.24, 2.45) is 0 Å². The number of aromatic carboxylic acids is 1. The Balaban J connectivity index is 1.62. The highest BCUT2D eigenvalue weighted by Crippen LogP contribution is 2.32. The Morgan fingerprint density at radius 3 is 2.64 bits per heavy atom. The van der Waals surface area contributed by atoms with Crippen molar-refractivity contribution in [1.82, 2.24) is 14.5 Å². The summed E-state index contributed by atoms with van der Waals surface area (Å²) in [6, 6.07) is 11.5. The van der Waals surface area contributed by atoms with Crippen LogP contribution in [0.3, 0.4) is 0 Å². The molecule has 4 rings (SSSR count). The second kappa shape index (κ2) is 7.39. The lowest BCUT2D eigenvalue weighted by Crippen LogP contribution is -2.39. The highest BCUT2D eigenvalue weighted by Gasteiger charge is 2.30. The molecule has 146 valence electrons. The van der Waals surface area contributed by atoms with E-state index < -0.39 is 5.97 Å². The molecular formula is C21H23N3O3S. The first kappa shape index (κ1) is 18.7. The van der Waals surface area contributed by atoms with E-state index >= 15 is 0 Å². The van der Waals surface area contributed by atoms with Crippen LogP contribution < -0.4 is 0 Å². The van der Waals surface area contributed by atoms with Crippen LogP contribution in [0.1, 0.15) is 63.8 Å². The number of carboxylic acid groups (broad SMARTS) is 1. The molecule has 6 nitrogen and oxygen atoms in total. The smallest absolute Gasteiger partial charge is 0.345 e. The number of hydrogen-bond acceptors (Lipinski definition) is 4. The van der Waals surface area contributed by atoms with Gasteiger partial charge in [-0.3, -0.25) is 4.79 Å². The second-order valence-electron chi connectivity index (χ2n) is 7.48. The molecule has 1 unspecified atom stereocenters. The molecule has 1 fully saturated rings. The zero-order valence-corrected chi connectivity index (χ0v) is 16.8. The van der Waals surface area contributed by atoms with Gasteiger partial charge >= 0.3 is 5.97 Å². The average Bonchev–Trinajstić information content (AvgIpc) is 3.32. The Hall–Kier alpha value is -2.67. The molecule has 1 N–H and O–H groups in total. The predicted octanol–water partition coefficient (Wildman–Crippen LogP) is 4.40. The van der Waals surface area contributed by atoms with Crippen molar-refractivity contribution in [2.45, 2.75) is 38.6 Å². The first-order valence-corrected chi connectivity index (χ1v) is 10.4. The maximum atomic E-state index is 12.9. The summed E-state index contributed by atoms with van der Waals surface area (Å²) >= 11 is 1.04. The van der Waals surface area contributed by atoms with E-state index in [1.165, 1.54) is 6.07 Å². The number of carboxylic acids is 1. The number of piperidine rings is 1. The van der Waals surface area contributed by atoms with Crippen LogP contribution in [-0.2, 0) is 0 Å². The maximum Gasteiger partial charge on any atom is 0.345 e. The molecule has 0 saturated carbocycles. The van der Waals surface area contributed by atoms with Gasteiger partial charge in [-0.2, -0.15) is 0 Å². The van der Waals surface area contributed by atoms with Crippen molar-refractivity contribution in [3.05, 3.63) is 52.0 Å². The molecule has 1 saturated heterocycles. The number of thiophene rings is 1. The van der Waals surface area contributed by atoms with E-state index in [9.17, 15) is 9.59 Å². The first-order chi connectivity index (χ1) is 13.5. The van der Waals surface area contributed by atoms with E-state index in [2.05, 4.69) is 24.5 Å². The lowest BCUT2D eigenvalue weighted by Gasteiger charge is -2.33. The van der Waals surface area contributed by atoms with E-state index in [1.54, 1.807) is 6.07 Å². The summed E-state index contributed by atoms with van der Waals surface area (Å²) in [7, 11) is 0. The fourth-order valence-electron chi connectivity index (χ4n) is 3.99. The third kappa shape index (κ3) is 3.30. The van der Waals surface area contributed by atoms with Crippen molar-refractivity contribution < 1.29 is 14.7 Å². The molecule has 1 aliphatic rings. The lowest BCUT2D eigenvalue weighted by molar-refractivity contribution is 0.0697. The molecule has 1 aliphatic heterocycles. The van der Waals surface area contributed by atoms with E-state index in [4.69, 9.17) is 10.1 Å². The molecule has 28 heavy (non-hydrogen) atoms. The number of fused-ring (bicyclic) bond motifs is 1. The molecule has 2 aromatic heterocycles. The molecule has 0 spiro atoms. The molecule has 1 atom stereocenters. The number of nitrogens with zero attached hydrogens (tertiary/aromatic N) is 3. The predicted molar refractivity (Wildman–Crippen MR) is 109 cm³/mol. The number of likely N-dealkylation sites (tertiary alicyclic amines) is 1. The van der Waals surface area contributed by atoms with Crippen molar-refractivity contribution >= 4 is 34.2 Å². The Kier molecular flexibility index (Phi) is 4.93. The number of imidazole rings is 1. The van der Waals surface area contributed by atoms with Gasteiger partial charge in [0, 0.05) is 25.0 Å². The van der Waals surface area contributed by atoms with Crippen LogP contribution in [0.2, 0.25) is 0 Å². The third-order valence-corrected chi connectivity index (χ3v) is 6.30. The highest BCUT2D eigenvalue weighted by molar-refractivity contribution is 7.15. The van der Waals surface area contributed by atoms with Gasteiger partial charge in [-0.1, -0.05) is 12.1 Å². The molecule has 0 aliphatic carbocycles. The van der Waals surface area contributed by atoms with Gasteiger partial charge in [0.15, 0.2) is 0 Å². The van der Waals surface area contributed by atoms with Gasteiger partial charge in [-0.05, 0) is 51.0 Å². The largest absolute Gasteiger partial charge is 0.477 e. The van der Waals surface area contributed by atoms with Crippen molar-refractivity contribution in [3.8, 4) is 0 Å². The highest BCUT2D eigenvalue weighted by atomic mass is 32.1. The lowest BCUT2D eigenvalue weighted by atomic mass is 9.96. The van der Waals surface area contributed by atoms with Crippen LogP contribution in [0.15, 0.2) is 36.4 Å². The molecule has 1 amide bonds. The summed E-state index contributed by atoms with van der Waals surface area (Å²) in [5.41, 5.74) is 2.11. The van der Waals surface area contributed by atoms with Gasteiger partial charge in [0.25, 0.3) is 5.91 Å². The third-order valence-electron chi connectivity index (χ3n) is 5.24. The molecule has 7 heteroatoms. The topological polar surface area (TPSA) is 75.4 Å². The summed E-state index contributed by atoms with van der Waals surface area (Å²) in [4.78, 5) is 31.5. The van der Waals surface area contributed by atoms with Gasteiger partial charge in [0.05, 0.1) is 15.9 Å². The normalized spacial score (nSPS) is 17.4. The number of carbonyl (C=O) groups excluding carboxylic acids is 1. The molecule has 3 heterocycles. The fraction of sp³-hybridized carbons (Fsp3) is 0.381. The van der Waals surface area contributed by atoms with Gasteiger partial charge < -0.3 is 14.6 Å². The molecule has 1 aromatic carbocycles. The molecule has 3 aromatic rings. The summed E-state index contributed by atoms with van der Waals surface area (Å²) in [6.45, 7) is 5.61. The van der Waals surface area contributed by atoms with Crippen LogP contribution in [-0.4, -0.2) is 44.5 Å². The van der Waals surface area contributed by atoms with E-state index in [0.717, 1.165) is 41.0 Å². The standard InChI is InChI=1S/C21H23N3O3S/c1-13(2)24-16-8-4-3-7-15(16)22-19(24)14-6-5-11-23(12-14)20(25)17-9-10-18(28-17)21(26)27/h3-4,7-10,13-14H,5-6,11-12H2,1-2H3,(H,26,27). The van der Waals surface area contributed by atoms with Crippen molar-refractivity contribution in [3.63, 3.8) is 0 Å². The number of rotatable bonds is 4. The summed E-state index contributed by atoms with van der Waals surface area (Å²) in [5.74, 6) is 0.123. The van der Waals surface area contributed by atoms with Gasteiger partial charge in [-0.25, -0.2) is 9.78 Å². The maximum absolute atomic E-state index is 12.9.